The third kappa shape index (κ3) is 3.37. The number of H-pyrrole nitrogens is 1. The molecule has 7 nitrogen and oxygen atoms in total. The van der Waals surface area contributed by atoms with Gasteiger partial charge in [-0.05, 0) is 30.4 Å². The van der Waals surface area contributed by atoms with Gasteiger partial charge < -0.3 is 10.0 Å². The Labute approximate surface area is 163 Å². The molecule has 4 rings (SSSR count). The SMILES string of the molecule is CN(C)c1nc2c(c(CO)nn2[C@H](c2ccc(C(F)F)c(F)c2)C2CC2)c(=O)[nH]1. The number of nitrogens with one attached hydrogen (secondary N) is 1. The fraction of sp³-hybridized carbons (Fsp3) is 0.421. The quantitative estimate of drug-likeness (QED) is 0.656. The van der Waals surface area contributed by atoms with E-state index in [1.54, 1.807) is 19.0 Å². The van der Waals surface area contributed by atoms with Gasteiger partial charge >= 0.3 is 0 Å². The predicted octanol–water partition coefficient (Wildman–Crippen LogP) is 2.75. The number of rotatable bonds is 6. The molecule has 0 aliphatic heterocycles. The molecular formula is C19H20F3N5O2. The molecule has 2 N–H and O–H groups in total. The van der Waals surface area contributed by atoms with E-state index in [9.17, 15) is 23.1 Å². The second-order valence-corrected chi connectivity index (χ2v) is 7.40. The summed E-state index contributed by atoms with van der Waals surface area (Å²) in [5, 5.41) is 14.2. The molecule has 1 atom stereocenters. The molecule has 0 amide bonds. The van der Waals surface area contributed by atoms with Gasteiger partial charge in [0.15, 0.2) is 5.65 Å². The molecule has 3 aromatic rings. The van der Waals surface area contributed by atoms with E-state index in [0.717, 1.165) is 25.0 Å². The number of aromatic nitrogens is 4. The maximum absolute atomic E-state index is 14.3. The second-order valence-electron chi connectivity index (χ2n) is 7.40. The molecule has 1 aliphatic carbocycles. The molecule has 0 bridgehead atoms. The van der Waals surface area contributed by atoms with Crippen LogP contribution < -0.4 is 10.5 Å². The minimum Gasteiger partial charge on any atom is -0.390 e. The lowest BCUT2D eigenvalue weighted by Crippen LogP contribution is -2.21. The average Bonchev–Trinajstić information content (AvgIpc) is 3.42. The van der Waals surface area contributed by atoms with Crippen molar-refractivity contribution in [1.29, 1.82) is 0 Å². The summed E-state index contributed by atoms with van der Waals surface area (Å²) < 4.78 is 41.6. The number of anilines is 1. The van der Waals surface area contributed by atoms with Crippen LogP contribution in [0.4, 0.5) is 19.1 Å². The Kier molecular flexibility index (Phi) is 4.81. The number of hydrogen-bond donors (Lipinski definition) is 2. The van der Waals surface area contributed by atoms with E-state index < -0.39 is 36.0 Å². The molecule has 0 unspecified atom stereocenters. The van der Waals surface area contributed by atoms with E-state index in [1.807, 2.05) is 0 Å². The number of hydrogen-bond acceptors (Lipinski definition) is 5. The van der Waals surface area contributed by atoms with E-state index in [-0.39, 0.29) is 22.6 Å². The average molecular weight is 407 g/mol. The maximum atomic E-state index is 14.3. The van der Waals surface area contributed by atoms with Crippen molar-refractivity contribution in [3.63, 3.8) is 0 Å². The summed E-state index contributed by atoms with van der Waals surface area (Å²) >= 11 is 0. The molecule has 2 aromatic heterocycles. The molecule has 1 aromatic carbocycles. The van der Waals surface area contributed by atoms with Crippen LogP contribution in [0, 0.1) is 11.7 Å². The predicted molar refractivity (Wildman–Crippen MR) is 101 cm³/mol. The zero-order chi connectivity index (χ0) is 20.9. The highest BCUT2D eigenvalue weighted by Crippen LogP contribution is 2.44. The number of benzene rings is 1. The van der Waals surface area contributed by atoms with Crippen molar-refractivity contribution in [1.82, 2.24) is 19.7 Å². The largest absolute Gasteiger partial charge is 0.390 e. The molecule has 1 saturated carbocycles. The van der Waals surface area contributed by atoms with Gasteiger partial charge in [0.05, 0.1) is 18.2 Å². The Morgan fingerprint density at radius 1 is 1.34 bits per heavy atom. The highest BCUT2D eigenvalue weighted by Gasteiger charge is 2.37. The lowest BCUT2D eigenvalue weighted by atomic mass is 10.0. The normalized spacial score (nSPS) is 15.3. The van der Waals surface area contributed by atoms with E-state index >= 15 is 0 Å². The molecule has 29 heavy (non-hydrogen) atoms. The number of fused-ring (bicyclic) bond motifs is 1. The summed E-state index contributed by atoms with van der Waals surface area (Å²) in [5.41, 5.74) is -0.209. The molecule has 0 saturated heterocycles. The van der Waals surface area contributed by atoms with Crippen molar-refractivity contribution in [3.8, 4) is 0 Å². The van der Waals surface area contributed by atoms with Gasteiger partial charge in [-0.2, -0.15) is 10.1 Å². The number of aliphatic hydroxyl groups is 1. The van der Waals surface area contributed by atoms with E-state index in [2.05, 4.69) is 15.1 Å². The first-order valence-electron chi connectivity index (χ1n) is 9.19. The summed E-state index contributed by atoms with van der Waals surface area (Å²) in [4.78, 5) is 21.3. The Morgan fingerprint density at radius 2 is 2.07 bits per heavy atom. The highest BCUT2D eigenvalue weighted by molar-refractivity contribution is 5.78. The first-order valence-corrected chi connectivity index (χ1v) is 9.19. The molecule has 0 spiro atoms. The van der Waals surface area contributed by atoms with Crippen LogP contribution in [-0.2, 0) is 6.61 Å². The van der Waals surface area contributed by atoms with E-state index in [0.29, 0.717) is 11.5 Å². The third-order valence-electron chi connectivity index (χ3n) is 5.13. The van der Waals surface area contributed by atoms with Gasteiger partial charge in [0.25, 0.3) is 12.0 Å². The Balaban J connectivity index is 1.93. The number of halogens is 3. The van der Waals surface area contributed by atoms with E-state index in [1.165, 1.54) is 10.7 Å². The van der Waals surface area contributed by atoms with Crippen LogP contribution >= 0.6 is 0 Å². The first kappa shape index (κ1) is 19.4. The van der Waals surface area contributed by atoms with Gasteiger partial charge in [-0.1, -0.05) is 12.1 Å². The van der Waals surface area contributed by atoms with Crippen molar-refractivity contribution in [3.05, 3.63) is 51.2 Å². The van der Waals surface area contributed by atoms with Crippen molar-refractivity contribution in [2.75, 3.05) is 19.0 Å². The van der Waals surface area contributed by atoms with Crippen LogP contribution in [0.1, 0.15) is 42.1 Å². The monoisotopic (exact) mass is 407 g/mol. The smallest absolute Gasteiger partial charge is 0.266 e. The van der Waals surface area contributed by atoms with Crippen molar-refractivity contribution >= 4 is 17.0 Å². The van der Waals surface area contributed by atoms with Crippen LogP contribution in [0.25, 0.3) is 11.0 Å². The minimum absolute atomic E-state index is 0.102. The van der Waals surface area contributed by atoms with Gasteiger partial charge in [0, 0.05) is 14.1 Å². The summed E-state index contributed by atoms with van der Waals surface area (Å²) in [6, 6.07) is 3.15. The van der Waals surface area contributed by atoms with Crippen molar-refractivity contribution < 1.29 is 18.3 Å². The molecule has 154 valence electrons. The van der Waals surface area contributed by atoms with Gasteiger partial charge in [0.2, 0.25) is 5.95 Å². The Bertz CT molecular complexity index is 1120. The maximum Gasteiger partial charge on any atom is 0.266 e. The number of nitrogens with zero attached hydrogens (tertiary/aromatic N) is 4. The summed E-state index contributed by atoms with van der Waals surface area (Å²) in [6.45, 7) is -0.467. The van der Waals surface area contributed by atoms with Crippen LogP contribution in [0.3, 0.4) is 0 Å². The summed E-state index contributed by atoms with van der Waals surface area (Å²) in [6.07, 6.45) is -1.21. The van der Waals surface area contributed by atoms with Gasteiger partial charge in [0.1, 0.15) is 16.9 Å². The number of alkyl halides is 2. The number of aliphatic hydroxyl groups excluding tert-OH is 1. The van der Waals surface area contributed by atoms with Gasteiger partial charge in [-0.15, -0.1) is 0 Å². The van der Waals surface area contributed by atoms with Crippen LogP contribution in [0.5, 0.6) is 0 Å². The lowest BCUT2D eigenvalue weighted by Gasteiger charge is -2.19. The second kappa shape index (κ2) is 7.18. The van der Waals surface area contributed by atoms with E-state index in [4.69, 9.17) is 0 Å². The molecular weight excluding hydrogens is 387 g/mol. The van der Waals surface area contributed by atoms with Crippen molar-refractivity contribution in [2.45, 2.75) is 31.9 Å². The van der Waals surface area contributed by atoms with Crippen LogP contribution in [0.15, 0.2) is 23.0 Å². The van der Waals surface area contributed by atoms with Crippen LogP contribution in [0.2, 0.25) is 0 Å². The Morgan fingerprint density at radius 3 is 2.62 bits per heavy atom. The third-order valence-corrected chi connectivity index (χ3v) is 5.13. The topological polar surface area (TPSA) is 87.0 Å². The first-order chi connectivity index (χ1) is 13.8. The summed E-state index contributed by atoms with van der Waals surface area (Å²) in [7, 11) is 3.43. The fourth-order valence-corrected chi connectivity index (χ4v) is 3.55. The lowest BCUT2D eigenvalue weighted by molar-refractivity contribution is 0.146. The molecule has 1 aliphatic rings. The zero-order valence-corrected chi connectivity index (χ0v) is 15.9. The Hall–Kier alpha value is -2.88. The van der Waals surface area contributed by atoms with Gasteiger partial charge in [-0.3, -0.25) is 9.78 Å². The summed E-state index contributed by atoms with van der Waals surface area (Å²) in [5.74, 6) is -0.575. The molecule has 10 heteroatoms. The number of aromatic amines is 1. The minimum atomic E-state index is -2.90. The molecule has 1 fully saturated rings. The highest BCUT2D eigenvalue weighted by atomic mass is 19.3. The standard InChI is InChI=1S/C19H20F3N5O2/c1-26(2)19-23-17-14(18(29)24-19)13(8-28)25-27(17)15(9-3-4-9)10-5-6-11(16(21)22)12(20)7-10/h5-7,9,15-16,28H,3-4,8H2,1-2H3,(H,23,24,29)/t15-/m0/s1. The molecule has 2 heterocycles. The zero-order valence-electron chi connectivity index (χ0n) is 15.9. The van der Waals surface area contributed by atoms with Gasteiger partial charge in [-0.25, -0.2) is 17.9 Å². The van der Waals surface area contributed by atoms with Crippen molar-refractivity contribution in [2.24, 2.45) is 5.92 Å². The fourth-order valence-electron chi connectivity index (χ4n) is 3.55. The van der Waals surface area contributed by atoms with Crippen LogP contribution in [-0.4, -0.2) is 39.0 Å². The molecule has 0 radical (unpaired) electrons.